The van der Waals surface area contributed by atoms with Gasteiger partial charge in [0.1, 0.15) is 0 Å². The molecule has 2 aromatic rings. The van der Waals surface area contributed by atoms with E-state index in [9.17, 15) is 4.79 Å². The molecule has 0 radical (unpaired) electrons. The van der Waals surface area contributed by atoms with Crippen LogP contribution in [0.4, 0.5) is 4.79 Å². The lowest BCUT2D eigenvalue weighted by atomic mass is 9.56. The summed E-state index contributed by atoms with van der Waals surface area (Å²) in [5.74, 6) is 0.0733. The van der Waals surface area contributed by atoms with Crippen LogP contribution in [0.15, 0.2) is 60.7 Å². The molecule has 1 atom stereocenters. The summed E-state index contributed by atoms with van der Waals surface area (Å²) in [6.07, 6.45) is 0. The van der Waals surface area contributed by atoms with Crippen molar-refractivity contribution in [3.63, 3.8) is 0 Å². The van der Waals surface area contributed by atoms with Crippen molar-refractivity contribution in [1.82, 2.24) is 5.32 Å². The Bertz CT molecular complexity index is 628. The summed E-state index contributed by atoms with van der Waals surface area (Å²) in [6.45, 7) is 6.60. The van der Waals surface area contributed by atoms with Crippen molar-refractivity contribution in [1.29, 1.82) is 0 Å². The van der Waals surface area contributed by atoms with Crippen LogP contribution in [0, 0.1) is 5.92 Å². The molecule has 0 fully saturated rings. The van der Waals surface area contributed by atoms with Crippen LogP contribution in [0.1, 0.15) is 31.9 Å². The fourth-order valence-corrected chi connectivity index (χ4v) is 4.06. The Morgan fingerprint density at radius 1 is 1.00 bits per heavy atom. The molecular formula is C20H27N3O. The molecule has 0 spiro atoms. The van der Waals surface area contributed by atoms with Crippen LogP contribution in [-0.4, -0.2) is 18.1 Å². The highest BCUT2D eigenvalue weighted by Crippen LogP contribution is 2.47. The maximum absolute atomic E-state index is 11.7. The van der Waals surface area contributed by atoms with Crippen molar-refractivity contribution in [2.75, 3.05) is 6.54 Å². The third-order valence-electron chi connectivity index (χ3n) is 4.97. The number of amides is 2. The molecule has 0 aromatic heterocycles. The first-order valence-electron chi connectivity index (χ1n) is 8.25. The normalized spacial score (nSPS) is 13.3. The Morgan fingerprint density at radius 2 is 1.42 bits per heavy atom. The van der Waals surface area contributed by atoms with Crippen LogP contribution < -0.4 is 16.8 Å². The number of nitrogens with two attached hydrogens (primary N) is 2. The first kappa shape index (κ1) is 18.0. The molecule has 1 unspecified atom stereocenters. The highest BCUT2D eigenvalue weighted by Gasteiger charge is 2.51. The standard InChI is InChI=1S/C20H27N3O/c1-15(14-21)20(16-10-6-4-7-11-16,17-12-8-5-9-13-17)19(2,3)23-18(22)24/h4-13,15H,14,21H2,1-3H3,(H3,22,23,24). The number of nitrogens with one attached hydrogen (secondary N) is 1. The average molecular weight is 325 g/mol. The van der Waals surface area contributed by atoms with Gasteiger partial charge in [-0.05, 0) is 37.4 Å². The van der Waals surface area contributed by atoms with Gasteiger partial charge in [-0.25, -0.2) is 4.79 Å². The summed E-state index contributed by atoms with van der Waals surface area (Å²) in [6, 6.07) is 19.8. The average Bonchev–Trinajstić information content (AvgIpc) is 2.55. The summed E-state index contributed by atoms with van der Waals surface area (Å²) >= 11 is 0. The highest BCUT2D eigenvalue weighted by molar-refractivity contribution is 5.73. The second-order valence-electron chi connectivity index (χ2n) is 6.79. The Labute approximate surface area is 144 Å². The zero-order chi connectivity index (χ0) is 17.8. The predicted octanol–water partition coefficient (Wildman–Crippen LogP) is 3.01. The molecule has 0 saturated carbocycles. The summed E-state index contributed by atoms with van der Waals surface area (Å²) < 4.78 is 0. The third kappa shape index (κ3) is 3.02. The molecule has 0 aliphatic carbocycles. The molecule has 5 N–H and O–H groups in total. The van der Waals surface area contributed by atoms with E-state index in [-0.39, 0.29) is 5.92 Å². The summed E-state index contributed by atoms with van der Waals surface area (Å²) in [4.78, 5) is 11.7. The van der Waals surface area contributed by atoms with Crippen LogP contribution in [0.2, 0.25) is 0 Å². The molecule has 4 heteroatoms. The maximum Gasteiger partial charge on any atom is 0.312 e. The van der Waals surface area contributed by atoms with Gasteiger partial charge in [-0.3, -0.25) is 0 Å². The molecule has 2 aromatic carbocycles. The number of carbonyl (C=O) groups is 1. The van der Waals surface area contributed by atoms with E-state index in [1.54, 1.807) is 0 Å². The van der Waals surface area contributed by atoms with E-state index in [0.29, 0.717) is 6.54 Å². The largest absolute Gasteiger partial charge is 0.352 e. The quantitative estimate of drug-likeness (QED) is 0.763. The zero-order valence-corrected chi connectivity index (χ0v) is 14.6. The van der Waals surface area contributed by atoms with Crippen molar-refractivity contribution < 1.29 is 4.79 Å². The summed E-state index contributed by atoms with van der Waals surface area (Å²) in [5, 5.41) is 2.96. The monoisotopic (exact) mass is 325 g/mol. The van der Waals surface area contributed by atoms with E-state index in [1.807, 2.05) is 50.2 Å². The molecule has 2 rings (SSSR count). The first-order chi connectivity index (χ1) is 11.4. The van der Waals surface area contributed by atoms with Crippen LogP contribution in [0.25, 0.3) is 0 Å². The second kappa shape index (κ2) is 7.05. The zero-order valence-electron chi connectivity index (χ0n) is 14.6. The van der Waals surface area contributed by atoms with Crippen LogP contribution in [0.3, 0.4) is 0 Å². The van der Waals surface area contributed by atoms with E-state index in [1.165, 1.54) is 0 Å². The number of hydrogen-bond donors (Lipinski definition) is 3. The molecule has 0 heterocycles. The van der Waals surface area contributed by atoms with Gasteiger partial charge in [0.25, 0.3) is 0 Å². The van der Waals surface area contributed by atoms with E-state index in [0.717, 1.165) is 11.1 Å². The first-order valence-corrected chi connectivity index (χ1v) is 8.25. The van der Waals surface area contributed by atoms with Gasteiger partial charge >= 0.3 is 6.03 Å². The van der Waals surface area contributed by atoms with Crippen molar-refractivity contribution in [2.45, 2.75) is 31.7 Å². The highest BCUT2D eigenvalue weighted by atomic mass is 16.2. The SMILES string of the molecule is CC(CN)C(c1ccccc1)(c1ccccc1)C(C)(C)NC(N)=O. The van der Waals surface area contributed by atoms with Gasteiger partial charge in [-0.15, -0.1) is 0 Å². The molecular weight excluding hydrogens is 298 g/mol. The lowest BCUT2D eigenvalue weighted by molar-refractivity contribution is 0.176. The maximum atomic E-state index is 11.7. The van der Waals surface area contributed by atoms with Gasteiger partial charge < -0.3 is 16.8 Å². The molecule has 0 aliphatic heterocycles. The minimum Gasteiger partial charge on any atom is -0.352 e. The fourth-order valence-electron chi connectivity index (χ4n) is 4.06. The van der Waals surface area contributed by atoms with E-state index in [4.69, 9.17) is 11.5 Å². The molecule has 4 nitrogen and oxygen atoms in total. The fraction of sp³-hybridized carbons (Fsp3) is 0.350. The van der Waals surface area contributed by atoms with Crippen molar-refractivity contribution in [3.05, 3.63) is 71.8 Å². The Hall–Kier alpha value is -2.33. The summed E-state index contributed by atoms with van der Waals surface area (Å²) in [5.41, 5.74) is 12.7. The smallest absolute Gasteiger partial charge is 0.312 e. The summed E-state index contributed by atoms with van der Waals surface area (Å²) in [7, 11) is 0. The minimum atomic E-state index is -0.639. The molecule has 0 bridgehead atoms. The molecule has 0 saturated heterocycles. The predicted molar refractivity (Wildman–Crippen MR) is 98.7 cm³/mol. The van der Waals surface area contributed by atoms with Crippen molar-refractivity contribution in [2.24, 2.45) is 17.4 Å². The van der Waals surface area contributed by atoms with Gasteiger partial charge in [0, 0.05) is 5.41 Å². The van der Waals surface area contributed by atoms with Crippen LogP contribution in [-0.2, 0) is 5.41 Å². The lowest BCUT2D eigenvalue weighted by Crippen LogP contribution is -2.63. The number of rotatable bonds is 6. The van der Waals surface area contributed by atoms with E-state index < -0.39 is 17.0 Å². The lowest BCUT2D eigenvalue weighted by Gasteiger charge is -2.51. The topological polar surface area (TPSA) is 81.1 Å². The van der Waals surface area contributed by atoms with Gasteiger partial charge in [-0.1, -0.05) is 67.6 Å². The Balaban J connectivity index is 2.82. The van der Waals surface area contributed by atoms with E-state index >= 15 is 0 Å². The van der Waals surface area contributed by atoms with E-state index in [2.05, 4.69) is 36.5 Å². The number of carbonyl (C=O) groups excluding carboxylic acids is 1. The van der Waals surface area contributed by atoms with Gasteiger partial charge in [0.05, 0.1) is 5.54 Å². The van der Waals surface area contributed by atoms with Crippen LogP contribution >= 0.6 is 0 Å². The van der Waals surface area contributed by atoms with Crippen LogP contribution in [0.5, 0.6) is 0 Å². The number of primary amides is 1. The van der Waals surface area contributed by atoms with Gasteiger partial charge in [0.2, 0.25) is 0 Å². The van der Waals surface area contributed by atoms with Gasteiger partial charge in [-0.2, -0.15) is 0 Å². The second-order valence-corrected chi connectivity index (χ2v) is 6.79. The number of hydrogen-bond acceptors (Lipinski definition) is 2. The third-order valence-corrected chi connectivity index (χ3v) is 4.97. The Morgan fingerprint density at radius 3 is 1.75 bits per heavy atom. The molecule has 0 aliphatic rings. The number of benzene rings is 2. The molecule has 128 valence electrons. The molecule has 2 amide bonds. The number of urea groups is 1. The van der Waals surface area contributed by atoms with Crippen molar-refractivity contribution in [3.8, 4) is 0 Å². The minimum absolute atomic E-state index is 0.0733. The van der Waals surface area contributed by atoms with Crippen molar-refractivity contribution >= 4 is 6.03 Å². The van der Waals surface area contributed by atoms with Gasteiger partial charge in [0.15, 0.2) is 0 Å². The Kier molecular flexibility index (Phi) is 5.30. The molecule has 24 heavy (non-hydrogen) atoms.